The third-order valence-electron chi connectivity index (χ3n) is 6.79. The number of H-pyrrole nitrogens is 1. The van der Waals surface area contributed by atoms with Crippen LogP contribution in [0.25, 0.3) is 11.3 Å². The fourth-order valence-electron chi connectivity index (χ4n) is 5.03. The maximum absolute atomic E-state index is 13.6. The molecule has 1 fully saturated rings. The molecule has 0 spiro atoms. The maximum Gasteiger partial charge on any atom is 0.273 e. The second-order valence-electron chi connectivity index (χ2n) is 9.21. The van der Waals surface area contributed by atoms with Crippen LogP contribution in [0.4, 0.5) is 0 Å². The minimum Gasteiger partial charge on any atom is -0.507 e. The van der Waals surface area contributed by atoms with Crippen molar-refractivity contribution in [1.82, 2.24) is 15.1 Å². The van der Waals surface area contributed by atoms with Gasteiger partial charge in [0.05, 0.1) is 25.4 Å². The average Bonchev–Trinajstić information content (AvgIpc) is 3.60. The van der Waals surface area contributed by atoms with E-state index in [-0.39, 0.29) is 17.8 Å². The maximum atomic E-state index is 13.6. The molecule has 1 amide bonds. The molecule has 3 aromatic rings. The zero-order valence-corrected chi connectivity index (χ0v) is 20.8. The highest BCUT2D eigenvalue weighted by Gasteiger charge is 2.44. The number of hydrogen-bond acceptors (Lipinski definition) is 6. The van der Waals surface area contributed by atoms with Gasteiger partial charge >= 0.3 is 0 Å². The number of phenolic OH excluding ortho intramolecular Hbond substituents is 1. The van der Waals surface area contributed by atoms with Crippen LogP contribution in [0, 0.1) is 0 Å². The van der Waals surface area contributed by atoms with Gasteiger partial charge in [0.1, 0.15) is 17.1 Å². The van der Waals surface area contributed by atoms with E-state index < -0.39 is 6.04 Å². The van der Waals surface area contributed by atoms with Crippen LogP contribution in [0.2, 0.25) is 0 Å². The quantitative estimate of drug-likeness (QED) is 0.384. The van der Waals surface area contributed by atoms with Crippen molar-refractivity contribution in [2.45, 2.75) is 51.7 Å². The van der Waals surface area contributed by atoms with Gasteiger partial charge in [-0.15, -0.1) is 0 Å². The summed E-state index contributed by atoms with van der Waals surface area (Å²) in [4.78, 5) is 15.5. The van der Waals surface area contributed by atoms with Gasteiger partial charge in [0.15, 0.2) is 11.5 Å². The lowest BCUT2D eigenvalue weighted by Crippen LogP contribution is -2.36. The standard InChI is InChI=1S/C28H33N3O5/c1-3-5-14-36-22-13-12-18(16-23(22)34-4-2)27-24-25(20-10-6-7-11-21(20)32)29-30-26(24)28(33)31(27)17-19-9-8-15-35-19/h6-7,10-13,16,19,27,32H,3-5,8-9,14-15,17H2,1-2H3,(H,29,30). The summed E-state index contributed by atoms with van der Waals surface area (Å²) in [6.45, 7) is 6.37. The lowest BCUT2D eigenvalue weighted by Gasteiger charge is -2.29. The summed E-state index contributed by atoms with van der Waals surface area (Å²) < 4.78 is 17.8. The molecule has 8 nitrogen and oxygen atoms in total. The summed E-state index contributed by atoms with van der Waals surface area (Å²) >= 11 is 0. The molecule has 36 heavy (non-hydrogen) atoms. The summed E-state index contributed by atoms with van der Waals surface area (Å²) in [5, 5.41) is 18.0. The predicted octanol–water partition coefficient (Wildman–Crippen LogP) is 5.08. The van der Waals surface area contributed by atoms with Crippen LogP contribution < -0.4 is 9.47 Å². The molecule has 1 saturated heterocycles. The molecule has 2 aromatic carbocycles. The molecule has 2 aliphatic heterocycles. The number of carbonyl (C=O) groups excluding carboxylic acids is 1. The zero-order chi connectivity index (χ0) is 25.1. The molecule has 2 N–H and O–H groups in total. The van der Waals surface area contributed by atoms with Crippen molar-refractivity contribution in [3.05, 3.63) is 59.3 Å². The number of carbonyl (C=O) groups is 1. The fourth-order valence-corrected chi connectivity index (χ4v) is 5.03. The number of ether oxygens (including phenoxy) is 3. The Labute approximate surface area is 211 Å². The molecule has 5 rings (SSSR count). The minimum atomic E-state index is -0.408. The van der Waals surface area contributed by atoms with Crippen LogP contribution >= 0.6 is 0 Å². The summed E-state index contributed by atoms with van der Waals surface area (Å²) in [6, 6.07) is 12.5. The first-order chi connectivity index (χ1) is 17.6. The second kappa shape index (κ2) is 10.6. The van der Waals surface area contributed by atoms with Crippen LogP contribution in [0.15, 0.2) is 42.5 Å². The van der Waals surface area contributed by atoms with E-state index in [0.29, 0.717) is 54.8 Å². The van der Waals surface area contributed by atoms with E-state index in [1.165, 1.54) is 0 Å². The first kappa shape index (κ1) is 24.2. The number of unbranched alkanes of at least 4 members (excludes halogenated alkanes) is 1. The van der Waals surface area contributed by atoms with E-state index in [2.05, 4.69) is 17.1 Å². The van der Waals surface area contributed by atoms with E-state index >= 15 is 0 Å². The molecule has 0 radical (unpaired) electrons. The van der Waals surface area contributed by atoms with E-state index in [4.69, 9.17) is 14.2 Å². The van der Waals surface area contributed by atoms with Crippen LogP contribution in [-0.2, 0) is 4.74 Å². The Morgan fingerprint density at radius 2 is 2.03 bits per heavy atom. The first-order valence-electron chi connectivity index (χ1n) is 12.8. The molecule has 2 unspecified atom stereocenters. The van der Waals surface area contributed by atoms with Gasteiger partial charge in [0.2, 0.25) is 0 Å². The highest BCUT2D eigenvalue weighted by Crippen LogP contribution is 2.46. The predicted molar refractivity (Wildman–Crippen MR) is 136 cm³/mol. The van der Waals surface area contributed by atoms with Crippen LogP contribution in [0.3, 0.4) is 0 Å². The number of nitrogens with one attached hydrogen (secondary N) is 1. The summed E-state index contributed by atoms with van der Waals surface area (Å²) in [6.07, 6.45) is 3.91. The van der Waals surface area contributed by atoms with E-state index in [1.807, 2.05) is 42.2 Å². The Hall–Kier alpha value is -3.52. The Morgan fingerprint density at radius 1 is 1.17 bits per heavy atom. The van der Waals surface area contributed by atoms with Crippen molar-refractivity contribution in [1.29, 1.82) is 0 Å². The normalized spacial score (nSPS) is 19.1. The number of fused-ring (bicyclic) bond motifs is 1. The van der Waals surface area contributed by atoms with Gasteiger partial charge < -0.3 is 24.2 Å². The van der Waals surface area contributed by atoms with Gasteiger partial charge in [-0.2, -0.15) is 5.10 Å². The molecule has 2 aliphatic rings. The Bertz CT molecular complexity index is 1220. The van der Waals surface area contributed by atoms with Crippen molar-refractivity contribution in [3.8, 4) is 28.5 Å². The van der Waals surface area contributed by atoms with Crippen molar-refractivity contribution in [2.24, 2.45) is 0 Å². The summed E-state index contributed by atoms with van der Waals surface area (Å²) in [7, 11) is 0. The Kier molecular flexibility index (Phi) is 7.13. The lowest BCUT2D eigenvalue weighted by molar-refractivity contribution is 0.0495. The van der Waals surface area contributed by atoms with Gasteiger partial charge in [0, 0.05) is 24.3 Å². The highest BCUT2D eigenvalue weighted by atomic mass is 16.5. The van der Waals surface area contributed by atoms with E-state index in [0.717, 1.165) is 36.8 Å². The molecule has 8 heteroatoms. The first-order valence-corrected chi connectivity index (χ1v) is 12.8. The fraction of sp³-hybridized carbons (Fsp3) is 0.429. The number of hydrogen-bond donors (Lipinski definition) is 2. The lowest BCUT2D eigenvalue weighted by atomic mass is 9.95. The second-order valence-corrected chi connectivity index (χ2v) is 9.21. The molecule has 190 valence electrons. The van der Waals surface area contributed by atoms with E-state index in [9.17, 15) is 9.90 Å². The number of amides is 1. The van der Waals surface area contributed by atoms with Crippen molar-refractivity contribution >= 4 is 5.91 Å². The molecule has 0 saturated carbocycles. The minimum absolute atomic E-state index is 0.00925. The van der Waals surface area contributed by atoms with Crippen molar-refractivity contribution < 1.29 is 24.1 Å². The molecular weight excluding hydrogens is 458 g/mol. The average molecular weight is 492 g/mol. The van der Waals surface area contributed by atoms with Crippen LogP contribution in [0.5, 0.6) is 17.2 Å². The largest absolute Gasteiger partial charge is 0.507 e. The number of aromatic nitrogens is 2. The summed E-state index contributed by atoms with van der Waals surface area (Å²) in [5.41, 5.74) is 3.23. The number of rotatable bonds is 10. The molecule has 3 heterocycles. The Balaban J connectivity index is 1.59. The van der Waals surface area contributed by atoms with Crippen molar-refractivity contribution in [3.63, 3.8) is 0 Å². The van der Waals surface area contributed by atoms with Gasteiger partial charge in [-0.25, -0.2) is 0 Å². The SMILES string of the molecule is CCCCOc1ccc(C2c3c(-c4ccccc4O)n[nH]c3C(=O)N2CC2CCCO2)cc1OCC. The summed E-state index contributed by atoms with van der Waals surface area (Å²) in [5.74, 6) is 1.33. The van der Waals surface area contributed by atoms with E-state index in [1.54, 1.807) is 12.1 Å². The molecular formula is C28H33N3O5. The van der Waals surface area contributed by atoms with Crippen LogP contribution in [-0.4, -0.2) is 58.6 Å². The Morgan fingerprint density at radius 3 is 2.78 bits per heavy atom. The number of aromatic amines is 1. The third kappa shape index (κ3) is 4.53. The highest BCUT2D eigenvalue weighted by molar-refractivity contribution is 6.00. The van der Waals surface area contributed by atoms with Gasteiger partial charge in [-0.3, -0.25) is 9.89 Å². The monoisotopic (exact) mass is 491 g/mol. The third-order valence-corrected chi connectivity index (χ3v) is 6.79. The number of nitrogens with zero attached hydrogens (tertiary/aromatic N) is 2. The number of aromatic hydroxyl groups is 1. The number of benzene rings is 2. The number of para-hydroxylation sites is 1. The molecule has 0 bridgehead atoms. The van der Waals surface area contributed by atoms with Crippen LogP contribution in [0.1, 0.15) is 67.2 Å². The van der Waals surface area contributed by atoms with Gasteiger partial charge in [-0.1, -0.05) is 31.5 Å². The smallest absolute Gasteiger partial charge is 0.273 e. The topological polar surface area (TPSA) is 96.9 Å². The zero-order valence-electron chi connectivity index (χ0n) is 20.8. The van der Waals surface area contributed by atoms with Gasteiger partial charge in [0.25, 0.3) is 5.91 Å². The molecule has 1 aromatic heterocycles. The number of phenols is 1. The van der Waals surface area contributed by atoms with Crippen molar-refractivity contribution in [2.75, 3.05) is 26.4 Å². The molecule has 2 atom stereocenters. The van der Waals surface area contributed by atoms with Gasteiger partial charge in [-0.05, 0) is 56.0 Å². The molecule has 0 aliphatic carbocycles.